The molecule has 0 aromatic carbocycles. The Bertz CT molecular complexity index is 1150. The minimum Gasteiger partial charge on any atom is -0.467 e. The first-order chi connectivity index (χ1) is 15.3. The summed E-state index contributed by atoms with van der Waals surface area (Å²) in [5.41, 5.74) is 0.780. The van der Waals surface area contributed by atoms with Gasteiger partial charge in [-0.05, 0) is 35.7 Å². The molecule has 1 N–H and O–H groups in total. The number of anilines is 1. The number of thiophene rings is 1. The van der Waals surface area contributed by atoms with Crippen LogP contribution in [0.3, 0.4) is 0 Å². The highest BCUT2D eigenvalue weighted by atomic mass is 32.2. The molecule has 0 radical (unpaired) electrons. The molecule has 0 spiro atoms. The van der Waals surface area contributed by atoms with Crippen molar-refractivity contribution in [1.82, 2.24) is 15.2 Å². The third-order valence-electron chi connectivity index (χ3n) is 4.56. The highest BCUT2D eigenvalue weighted by Crippen LogP contribution is 2.36. The third kappa shape index (κ3) is 4.58. The summed E-state index contributed by atoms with van der Waals surface area (Å²) in [4.78, 5) is 14.1. The summed E-state index contributed by atoms with van der Waals surface area (Å²) < 4.78 is 11.5. The number of furan rings is 2. The van der Waals surface area contributed by atoms with Gasteiger partial charge in [-0.2, -0.15) is 5.10 Å². The number of nitrogens with zero attached hydrogens (tertiary/aromatic N) is 4. The van der Waals surface area contributed by atoms with E-state index in [0.717, 1.165) is 20.7 Å². The Kier molecular flexibility index (Phi) is 5.87. The monoisotopic (exact) mass is 471 g/mol. The predicted molar refractivity (Wildman–Crippen MR) is 120 cm³/mol. The number of aromatic nitrogens is 2. The van der Waals surface area contributed by atoms with Gasteiger partial charge in [-0.1, -0.05) is 29.2 Å². The van der Waals surface area contributed by atoms with Gasteiger partial charge >= 0.3 is 0 Å². The standard InChI is InChI=1S/C20H17N5O3S3/c26-18(12-30-20-23-22-19(31-20)21-11-13-4-1-7-27-13)25-15(17-6-3-9-29-17)10-14(24-25)16-5-2-8-28-16/h1-9,15H,10-12H2,(H,21,22). The lowest BCUT2D eigenvalue weighted by Crippen LogP contribution is -2.28. The van der Waals surface area contributed by atoms with Crippen LogP contribution < -0.4 is 5.32 Å². The molecule has 11 heteroatoms. The molecule has 0 aliphatic carbocycles. The van der Waals surface area contributed by atoms with Gasteiger partial charge in [-0.25, -0.2) is 5.01 Å². The van der Waals surface area contributed by atoms with Gasteiger partial charge in [0.15, 0.2) is 4.34 Å². The van der Waals surface area contributed by atoms with Crippen LogP contribution in [0.25, 0.3) is 0 Å². The first-order valence-electron chi connectivity index (χ1n) is 9.45. The van der Waals surface area contributed by atoms with Crippen LogP contribution in [0.4, 0.5) is 5.13 Å². The molecule has 0 bridgehead atoms. The van der Waals surface area contributed by atoms with Crippen molar-refractivity contribution in [2.24, 2.45) is 5.10 Å². The maximum absolute atomic E-state index is 13.0. The average molecular weight is 472 g/mol. The average Bonchev–Trinajstić information content (AvgIpc) is 3.62. The number of thioether (sulfide) groups is 1. The number of carbonyl (C=O) groups excluding carboxylic acids is 1. The summed E-state index contributed by atoms with van der Waals surface area (Å²) in [5.74, 6) is 1.66. The molecule has 0 saturated carbocycles. The smallest absolute Gasteiger partial charge is 0.253 e. The molecule has 1 aliphatic heterocycles. The van der Waals surface area contributed by atoms with E-state index in [1.165, 1.54) is 23.1 Å². The van der Waals surface area contributed by atoms with Crippen LogP contribution in [0.1, 0.15) is 28.9 Å². The summed E-state index contributed by atoms with van der Waals surface area (Å²) in [6, 6.07) is 11.3. The number of nitrogens with one attached hydrogen (secondary N) is 1. The molecule has 4 aromatic rings. The van der Waals surface area contributed by atoms with Crippen molar-refractivity contribution in [3.8, 4) is 0 Å². The Morgan fingerprint density at radius 1 is 1.19 bits per heavy atom. The van der Waals surface area contributed by atoms with E-state index >= 15 is 0 Å². The SMILES string of the molecule is O=C(CSc1nnc(NCc2ccco2)s1)N1N=C(c2ccco2)CC1c1cccs1. The lowest BCUT2D eigenvalue weighted by molar-refractivity contribution is -0.130. The second kappa shape index (κ2) is 9.08. The van der Waals surface area contributed by atoms with E-state index in [2.05, 4.69) is 20.6 Å². The van der Waals surface area contributed by atoms with Gasteiger partial charge in [0, 0.05) is 11.3 Å². The van der Waals surface area contributed by atoms with Gasteiger partial charge in [0.1, 0.15) is 17.2 Å². The molecule has 31 heavy (non-hydrogen) atoms. The summed E-state index contributed by atoms with van der Waals surface area (Å²) in [5, 5.41) is 20.3. The predicted octanol–water partition coefficient (Wildman–Crippen LogP) is 4.87. The summed E-state index contributed by atoms with van der Waals surface area (Å²) in [6.45, 7) is 0.534. The van der Waals surface area contributed by atoms with Crippen LogP contribution in [0.5, 0.6) is 0 Å². The van der Waals surface area contributed by atoms with Crippen LogP contribution in [0.2, 0.25) is 0 Å². The van der Waals surface area contributed by atoms with E-state index in [1.807, 2.05) is 41.8 Å². The van der Waals surface area contributed by atoms with Gasteiger partial charge in [0.05, 0.1) is 30.9 Å². The maximum atomic E-state index is 13.0. The Labute approximate surface area is 190 Å². The summed E-state index contributed by atoms with van der Waals surface area (Å²) in [7, 11) is 0. The van der Waals surface area contributed by atoms with E-state index in [4.69, 9.17) is 8.83 Å². The van der Waals surface area contributed by atoms with Crippen LogP contribution in [-0.4, -0.2) is 32.6 Å². The number of rotatable bonds is 8. The first kappa shape index (κ1) is 20.0. The van der Waals surface area contributed by atoms with Crippen molar-refractivity contribution in [3.05, 3.63) is 70.7 Å². The fraction of sp³-hybridized carbons (Fsp3) is 0.200. The fourth-order valence-corrected chi connectivity index (χ4v) is 5.55. The second-order valence-electron chi connectivity index (χ2n) is 6.59. The quantitative estimate of drug-likeness (QED) is 0.366. The Morgan fingerprint density at radius 2 is 2.10 bits per heavy atom. The summed E-state index contributed by atoms with van der Waals surface area (Å²) >= 11 is 4.39. The Hall–Kier alpha value is -2.89. The second-order valence-corrected chi connectivity index (χ2v) is 9.77. The zero-order chi connectivity index (χ0) is 21.0. The maximum Gasteiger partial charge on any atom is 0.253 e. The van der Waals surface area contributed by atoms with Crippen LogP contribution in [-0.2, 0) is 11.3 Å². The fourth-order valence-electron chi connectivity index (χ4n) is 3.14. The molecule has 0 saturated heterocycles. The number of carbonyl (C=O) groups is 1. The topological polar surface area (TPSA) is 96.8 Å². The Balaban J connectivity index is 1.23. The molecule has 8 nitrogen and oxygen atoms in total. The number of hydrogen-bond acceptors (Lipinski definition) is 10. The van der Waals surface area contributed by atoms with Crippen molar-refractivity contribution in [2.75, 3.05) is 11.1 Å². The highest BCUT2D eigenvalue weighted by molar-refractivity contribution is 8.01. The van der Waals surface area contributed by atoms with Crippen molar-refractivity contribution >= 4 is 51.2 Å². The molecule has 158 valence electrons. The van der Waals surface area contributed by atoms with Gasteiger partial charge in [0.2, 0.25) is 5.13 Å². The zero-order valence-corrected chi connectivity index (χ0v) is 18.6. The molecule has 1 atom stereocenters. The van der Waals surface area contributed by atoms with E-state index < -0.39 is 0 Å². The van der Waals surface area contributed by atoms with E-state index in [-0.39, 0.29) is 17.7 Å². The van der Waals surface area contributed by atoms with Crippen molar-refractivity contribution in [3.63, 3.8) is 0 Å². The summed E-state index contributed by atoms with van der Waals surface area (Å²) in [6.07, 6.45) is 3.88. The molecule has 1 unspecified atom stereocenters. The lowest BCUT2D eigenvalue weighted by atomic mass is 10.1. The molecule has 5 heterocycles. The zero-order valence-electron chi connectivity index (χ0n) is 16.1. The minimum atomic E-state index is -0.117. The number of amides is 1. The highest BCUT2D eigenvalue weighted by Gasteiger charge is 2.34. The van der Waals surface area contributed by atoms with Gasteiger partial charge < -0.3 is 14.2 Å². The number of hydrogen-bond donors (Lipinski definition) is 1. The van der Waals surface area contributed by atoms with Gasteiger partial charge in [0.25, 0.3) is 5.91 Å². The van der Waals surface area contributed by atoms with Crippen LogP contribution in [0.15, 0.2) is 72.6 Å². The van der Waals surface area contributed by atoms with Crippen molar-refractivity contribution in [1.29, 1.82) is 0 Å². The number of hydrazone groups is 1. The van der Waals surface area contributed by atoms with Crippen LogP contribution >= 0.6 is 34.4 Å². The Morgan fingerprint density at radius 3 is 2.87 bits per heavy atom. The molecule has 1 amide bonds. The van der Waals surface area contributed by atoms with Crippen molar-refractivity contribution < 1.29 is 13.6 Å². The van der Waals surface area contributed by atoms with Gasteiger partial charge in [-0.3, -0.25) is 4.79 Å². The minimum absolute atomic E-state index is 0.0785. The van der Waals surface area contributed by atoms with Crippen molar-refractivity contribution in [2.45, 2.75) is 23.3 Å². The molecule has 5 rings (SSSR count). The van der Waals surface area contributed by atoms with Crippen LogP contribution in [0, 0.1) is 0 Å². The molecular weight excluding hydrogens is 454 g/mol. The molecule has 0 fully saturated rings. The normalized spacial score (nSPS) is 15.9. The largest absolute Gasteiger partial charge is 0.467 e. The van der Waals surface area contributed by atoms with Gasteiger partial charge in [-0.15, -0.1) is 21.5 Å². The molecule has 1 aliphatic rings. The molecular formula is C20H17N5O3S3. The van der Waals surface area contributed by atoms with E-state index in [0.29, 0.717) is 23.9 Å². The van der Waals surface area contributed by atoms with E-state index in [1.54, 1.807) is 28.9 Å². The first-order valence-corrected chi connectivity index (χ1v) is 12.1. The molecule has 4 aromatic heterocycles. The lowest BCUT2D eigenvalue weighted by Gasteiger charge is -2.20. The third-order valence-corrected chi connectivity index (χ3v) is 7.54. The van der Waals surface area contributed by atoms with E-state index in [9.17, 15) is 4.79 Å².